The molecule has 1 atom stereocenters. The maximum absolute atomic E-state index is 12.1. The van der Waals surface area contributed by atoms with Crippen molar-refractivity contribution in [3.63, 3.8) is 0 Å². The number of rotatable bonds is 4. The van der Waals surface area contributed by atoms with Crippen LogP contribution in [0, 0.1) is 0 Å². The van der Waals surface area contributed by atoms with Gasteiger partial charge in [0.05, 0.1) is 11.4 Å². The summed E-state index contributed by atoms with van der Waals surface area (Å²) in [5, 5.41) is 3.81. The summed E-state index contributed by atoms with van der Waals surface area (Å²) < 4.78 is 26.9. The van der Waals surface area contributed by atoms with Crippen LogP contribution in [0.15, 0.2) is 0 Å². The first-order valence-electron chi connectivity index (χ1n) is 6.85. The van der Waals surface area contributed by atoms with Gasteiger partial charge >= 0.3 is 0 Å². The predicted octanol–water partition coefficient (Wildman–Crippen LogP) is 1.52. The molecule has 0 saturated carbocycles. The molecule has 7 heteroatoms. The second kappa shape index (κ2) is 5.38. The summed E-state index contributed by atoms with van der Waals surface area (Å²) in [5.74, 6) is 0.150. The van der Waals surface area contributed by atoms with Gasteiger partial charge in [0.15, 0.2) is 5.13 Å². The zero-order chi connectivity index (χ0) is 13.3. The third-order valence-corrected chi connectivity index (χ3v) is 6.22. The Morgan fingerprint density at radius 1 is 1.32 bits per heavy atom. The molecule has 0 radical (unpaired) electrons. The van der Waals surface area contributed by atoms with Crippen LogP contribution in [0.4, 0.5) is 5.13 Å². The standard InChI is InChI=1S/C12H19N3O2S2/c16-19(17,8-9-4-1-2-7-13-9)15-12-14-10-5-3-6-11(10)18-12/h9,13H,1-8H2,(H,14,15). The molecule has 1 aromatic heterocycles. The van der Waals surface area contributed by atoms with Gasteiger partial charge in [-0.2, -0.15) is 0 Å². The highest BCUT2D eigenvalue weighted by Gasteiger charge is 2.23. The second-order valence-corrected chi connectivity index (χ2v) is 8.12. The highest BCUT2D eigenvalue weighted by molar-refractivity contribution is 7.92. The lowest BCUT2D eigenvalue weighted by Crippen LogP contribution is -2.40. The number of fused-ring (bicyclic) bond motifs is 1. The minimum atomic E-state index is -3.29. The van der Waals surface area contributed by atoms with E-state index in [-0.39, 0.29) is 11.8 Å². The SMILES string of the molecule is O=S(=O)(CC1CCCCN1)Nc1nc2c(s1)CCC2. The zero-order valence-electron chi connectivity index (χ0n) is 10.8. The van der Waals surface area contributed by atoms with Crippen molar-refractivity contribution in [2.45, 2.75) is 44.6 Å². The van der Waals surface area contributed by atoms with Gasteiger partial charge in [-0.25, -0.2) is 13.4 Å². The van der Waals surface area contributed by atoms with Crippen LogP contribution in [0.5, 0.6) is 0 Å². The average molecular weight is 301 g/mol. The highest BCUT2D eigenvalue weighted by atomic mass is 32.2. The fraction of sp³-hybridized carbons (Fsp3) is 0.750. The van der Waals surface area contributed by atoms with E-state index in [2.05, 4.69) is 15.0 Å². The quantitative estimate of drug-likeness (QED) is 0.884. The molecule has 0 amide bonds. The molecular formula is C12H19N3O2S2. The van der Waals surface area contributed by atoms with Crippen molar-refractivity contribution in [3.05, 3.63) is 10.6 Å². The van der Waals surface area contributed by atoms with Crippen LogP contribution in [0.25, 0.3) is 0 Å². The number of nitrogens with zero attached hydrogens (tertiary/aromatic N) is 1. The molecule has 1 unspecified atom stereocenters. The van der Waals surface area contributed by atoms with Crippen molar-refractivity contribution in [2.24, 2.45) is 0 Å². The van der Waals surface area contributed by atoms with Gasteiger partial charge in [-0.1, -0.05) is 6.42 Å². The molecule has 1 aromatic rings. The molecule has 1 saturated heterocycles. The maximum atomic E-state index is 12.1. The lowest BCUT2D eigenvalue weighted by Gasteiger charge is -2.23. The Hall–Kier alpha value is -0.660. The molecule has 19 heavy (non-hydrogen) atoms. The van der Waals surface area contributed by atoms with Gasteiger partial charge in [0.1, 0.15) is 0 Å². The molecular weight excluding hydrogens is 282 g/mol. The fourth-order valence-corrected chi connectivity index (χ4v) is 5.40. The third kappa shape index (κ3) is 3.27. The first-order valence-corrected chi connectivity index (χ1v) is 9.32. The zero-order valence-corrected chi connectivity index (χ0v) is 12.4. The molecule has 5 nitrogen and oxygen atoms in total. The molecule has 0 aromatic carbocycles. The normalized spacial score (nSPS) is 23.3. The van der Waals surface area contributed by atoms with Crippen LogP contribution < -0.4 is 10.0 Å². The van der Waals surface area contributed by atoms with E-state index in [9.17, 15) is 8.42 Å². The van der Waals surface area contributed by atoms with Gasteiger partial charge in [-0.3, -0.25) is 4.72 Å². The van der Waals surface area contributed by atoms with E-state index in [4.69, 9.17) is 0 Å². The number of hydrogen-bond donors (Lipinski definition) is 2. The summed E-state index contributed by atoms with van der Waals surface area (Å²) in [6, 6.07) is 0.0815. The van der Waals surface area contributed by atoms with Crippen molar-refractivity contribution < 1.29 is 8.42 Å². The smallest absolute Gasteiger partial charge is 0.236 e. The fourth-order valence-electron chi connectivity index (χ4n) is 2.74. The molecule has 2 heterocycles. The molecule has 1 aliphatic carbocycles. The van der Waals surface area contributed by atoms with Crippen molar-refractivity contribution in [1.82, 2.24) is 10.3 Å². The Labute approximate surface area is 117 Å². The molecule has 2 aliphatic rings. The van der Waals surface area contributed by atoms with Crippen molar-refractivity contribution in [2.75, 3.05) is 17.0 Å². The molecule has 106 valence electrons. The van der Waals surface area contributed by atoms with Crippen LogP contribution in [0.3, 0.4) is 0 Å². The topological polar surface area (TPSA) is 71.1 Å². The van der Waals surface area contributed by atoms with E-state index >= 15 is 0 Å². The van der Waals surface area contributed by atoms with Gasteiger partial charge in [0.25, 0.3) is 0 Å². The maximum Gasteiger partial charge on any atom is 0.236 e. The molecule has 0 bridgehead atoms. The second-order valence-electron chi connectivity index (χ2n) is 5.27. The number of nitrogens with one attached hydrogen (secondary N) is 2. The van der Waals surface area contributed by atoms with Crippen molar-refractivity contribution >= 4 is 26.5 Å². The summed E-state index contributed by atoms with van der Waals surface area (Å²) in [5.41, 5.74) is 1.08. The van der Waals surface area contributed by atoms with E-state index in [0.717, 1.165) is 50.8 Å². The Morgan fingerprint density at radius 3 is 2.95 bits per heavy atom. The van der Waals surface area contributed by atoms with Crippen LogP contribution in [-0.2, 0) is 22.9 Å². The summed E-state index contributed by atoms with van der Waals surface area (Å²) >= 11 is 1.49. The van der Waals surface area contributed by atoms with Crippen molar-refractivity contribution in [1.29, 1.82) is 0 Å². The van der Waals surface area contributed by atoms with Gasteiger partial charge in [-0.15, -0.1) is 11.3 Å². The minimum absolute atomic E-state index is 0.0815. The lowest BCUT2D eigenvalue weighted by atomic mass is 10.1. The van der Waals surface area contributed by atoms with Crippen LogP contribution >= 0.6 is 11.3 Å². The number of hydrogen-bond acceptors (Lipinski definition) is 5. The molecule has 2 N–H and O–H groups in total. The lowest BCUT2D eigenvalue weighted by molar-refractivity contribution is 0.424. The van der Waals surface area contributed by atoms with E-state index in [1.54, 1.807) is 0 Å². The van der Waals surface area contributed by atoms with Gasteiger partial charge in [0.2, 0.25) is 10.0 Å². The monoisotopic (exact) mass is 301 g/mol. The Bertz CT molecular complexity index is 526. The summed E-state index contributed by atoms with van der Waals surface area (Å²) in [6.07, 6.45) is 6.36. The third-order valence-electron chi connectivity index (χ3n) is 3.67. The highest BCUT2D eigenvalue weighted by Crippen LogP contribution is 2.30. The van der Waals surface area contributed by atoms with Gasteiger partial charge in [-0.05, 0) is 38.6 Å². The summed E-state index contributed by atoms with van der Waals surface area (Å²) in [4.78, 5) is 5.62. The van der Waals surface area contributed by atoms with Crippen molar-refractivity contribution in [3.8, 4) is 0 Å². The molecule has 1 fully saturated rings. The Kier molecular flexibility index (Phi) is 3.77. The van der Waals surface area contributed by atoms with Gasteiger partial charge in [0, 0.05) is 10.9 Å². The number of piperidine rings is 1. The average Bonchev–Trinajstić information content (AvgIpc) is 2.89. The van der Waals surface area contributed by atoms with Gasteiger partial charge < -0.3 is 5.32 Å². The number of thiazole rings is 1. The predicted molar refractivity (Wildman–Crippen MR) is 77.2 cm³/mol. The number of anilines is 1. The van der Waals surface area contributed by atoms with E-state index in [1.807, 2.05) is 0 Å². The first-order chi connectivity index (χ1) is 9.12. The van der Waals surface area contributed by atoms with E-state index < -0.39 is 10.0 Å². The number of sulfonamides is 1. The summed E-state index contributed by atoms with van der Waals surface area (Å²) in [6.45, 7) is 0.922. The van der Waals surface area contributed by atoms with Crippen LogP contribution in [0.1, 0.15) is 36.3 Å². The Morgan fingerprint density at radius 2 is 2.21 bits per heavy atom. The molecule has 0 spiro atoms. The number of aromatic nitrogens is 1. The minimum Gasteiger partial charge on any atom is -0.313 e. The number of aryl methyl sites for hydroxylation is 2. The van der Waals surface area contributed by atoms with Crippen LogP contribution in [-0.4, -0.2) is 31.7 Å². The van der Waals surface area contributed by atoms with E-state index in [0.29, 0.717) is 5.13 Å². The van der Waals surface area contributed by atoms with E-state index in [1.165, 1.54) is 16.2 Å². The largest absolute Gasteiger partial charge is 0.313 e. The molecule has 1 aliphatic heterocycles. The first kappa shape index (κ1) is 13.3. The summed E-state index contributed by atoms with van der Waals surface area (Å²) in [7, 11) is -3.29. The van der Waals surface area contributed by atoms with Crippen LogP contribution in [0.2, 0.25) is 0 Å². The molecule has 3 rings (SSSR count). The Balaban J connectivity index is 1.63.